The smallest absolute Gasteiger partial charge is 0.247 e. The maximum atomic E-state index is 15.5. The number of pyridine rings is 1. The first kappa shape index (κ1) is 27.8. The SMILES string of the molecule is CC1CCC[C@H](N2CCC(c3c(-c4cnn(C)c4)ccc(Cl)c3F)=CC2=O)c2cc(ccn2)-c2ccccc2NC1=O. The van der Waals surface area contributed by atoms with Gasteiger partial charge in [0.15, 0.2) is 0 Å². The van der Waals surface area contributed by atoms with Crippen molar-refractivity contribution in [2.45, 2.75) is 38.6 Å². The molecule has 0 spiro atoms. The van der Waals surface area contributed by atoms with Gasteiger partial charge in [-0.05, 0) is 60.2 Å². The molecule has 4 aromatic rings. The Morgan fingerprint density at radius 1 is 1.05 bits per heavy atom. The van der Waals surface area contributed by atoms with Gasteiger partial charge >= 0.3 is 0 Å². The van der Waals surface area contributed by atoms with Crippen LogP contribution in [-0.4, -0.2) is 38.0 Å². The predicted molar refractivity (Wildman–Crippen MR) is 162 cm³/mol. The van der Waals surface area contributed by atoms with E-state index in [0.29, 0.717) is 42.5 Å². The van der Waals surface area contributed by atoms with Crippen molar-refractivity contribution in [1.82, 2.24) is 19.7 Å². The molecule has 4 heterocycles. The van der Waals surface area contributed by atoms with E-state index >= 15 is 4.39 Å². The van der Waals surface area contributed by atoms with E-state index in [9.17, 15) is 9.59 Å². The second-order valence-electron chi connectivity index (χ2n) is 11.0. The third kappa shape index (κ3) is 5.34. The molecule has 2 aliphatic rings. The zero-order valence-corrected chi connectivity index (χ0v) is 24.2. The molecule has 214 valence electrons. The summed E-state index contributed by atoms with van der Waals surface area (Å²) in [4.78, 5) is 33.3. The van der Waals surface area contributed by atoms with Crippen LogP contribution in [0.5, 0.6) is 0 Å². The quantitative estimate of drug-likeness (QED) is 0.280. The number of halogens is 2. The molecule has 9 heteroatoms. The fourth-order valence-corrected chi connectivity index (χ4v) is 6.09. The minimum Gasteiger partial charge on any atom is -0.330 e. The molecule has 0 saturated heterocycles. The van der Waals surface area contributed by atoms with Gasteiger partial charge in [-0.15, -0.1) is 0 Å². The van der Waals surface area contributed by atoms with Gasteiger partial charge in [-0.3, -0.25) is 19.3 Å². The summed E-state index contributed by atoms with van der Waals surface area (Å²) < 4.78 is 17.2. The number of carbonyl (C=O) groups excluding carboxylic acids is 2. The molecule has 6 rings (SSSR count). The number of hydrogen-bond acceptors (Lipinski definition) is 4. The lowest BCUT2D eigenvalue weighted by Crippen LogP contribution is -2.38. The lowest BCUT2D eigenvalue weighted by atomic mass is 9.90. The molecule has 2 aliphatic heterocycles. The van der Waals surface area contributed by atoms with Crippen LogP contribution in [-0.2, 0) is 16.6 Å². The van der Waals surface area contributed by atoms with Crippen molar-refractivity contribution in [1.29, 1.82) is 0 Å². The zero-order chi connectivity index (χ0) is 29.4. The summed E-state index contributed by atoms with van der Waals surface area (Å²) >= 11 is 6.21. The number of aryl methyl sites for hydroxylation is 1. The Balaban J connectivity index is 1.38. The van der Waals surface area contributed by atoms with E-state index in [-0.39, 0.29) is 28.8 Å². The highest BCUT2D eigenvalue weighted by molar-refractivity contribution is 6.31. The van der Waals surface area contributed by atoms with Gasteiger partial charge in [-0.25, -0.2) is 4.39 Å². The van der Waals surface area contributed by atoms with E-state index in [1.165, 1.54) is 12.1 Å². The van der Waals surface area contributed by atoms with Crippen LogP contribution < -0.4 is 5.32 Å². The van der Waals surface area contributed by atoms with Crippen LogP contribution in [0.2, 0.25) is 5.02 Å². The molecule has 2 atom stereocenters. The van der Waals surface area contributed by atoms with Gasteiger partial charge in [-0.2, -0.15) is 5.10 Å². The molecule has 2 bridgehead atoms. The number of fused-ring (bicyclic) bond motifs is 4. The number of carbonyl (C=O) groups is 2. The van der Waals surface area contributed by atoms with E-state index in [1.54, 1.807) is 30.2 Å². The van der Waals surface area contributed by atoms with Crippen LogP contribution in [0.3, 0.4) is 0 Å². The maximum Gasteiger partial charge on any atom is 0.247 e. The van der Waals surface area contributed by atoms with Crippen LogP contribution in [0.25, 0.3) is 27.8 Å². The summed E-state index contributed by atoms with van der Waals surface area (Å²) in [6.45, 7) is 2.32. The van der Waals surface area contributed by atoms with Gasteiger partial charge in [0.2, 0.25) is 11.8 Å². The summed E-state index contributed by atoms with van der Waals surface area (Å²) in [7, 11) is 1.80. The summed E-state index contributed by atoms with van der Waals surface area (Å²) in [5.74, 6) is -0.965. The molecule has 1 unspecified atom stereocenters. The number of para-hydroxylation sites is 1. The number of nitrogens with zero attached hydrogens (tertiary/aromatic N) is 4. The van der Waals surface area contributed by atoms with E-state index in [4.69, 9.17) is 16.6 Å². The Hall–Kier alpha value is -4.30. The van der Waals surface area contributed by atoms with Gasteiger partial charge in [0.25, 0.3) is 0 Å². The molecule has 7 nitrogen and oxygen atoms in total. The Labute approximate surface area is 249 Å². The van der Waals surface area contributed by atoms with Gasteiger partial charge in [-0.1, -0.05) is 49.2 Å². The standard InChI is InChI=1S/C33H31ClFN5O2/c1-20-6-5-9-29(28-16-21(12-14-36-28)24-7-3-4-8-27(24)38-33(20)42)40-15-13-22(17-30(40)41)31-25(10-11-26(34)32(31)35)23-18-37-39(2)19-23/h3-4,7-8,10-12,14,16-20,29H,5-6,9,13,15H2,1-2H3,(H,38,42)/t20?,29-/m0/s1. The highest BCUT2D eigenvalue weighted by atomic mass is 35.5. The summed E-state index contributed by atoms with van der Waals surface area (Å²) in [6, 6.07) is 14.6. The van der Waals surface area contributed by atoms with Crippen molar-refractivity contribution in [3.63, 3.8) is 0 Å². The molecule has 2 aromatic heterocycles. The first-order valence-electron chi connectivity index (χ1n) is 14.1. The Bertz CT molecular complexity index is 1710. The van der Waals surface area contributed by atoms with Crippen molar-refractivity contribution >= 4 is 34.7 Å². The van der Waals surface area contributed by atoms with Crippen LogP contribution >= 0.6 is 11.6 Å². The average molecular weight is 584 g/mol. The van der Waals surface area contributed by atoms with Gasteiger partial charge in [0.1, 0.15) is 5.82 Å². The normalized spacial score (nSPS) is 19.3. The molecular weight excluding hydrogens is 553 g/mol. The first-order valence-corrected chi connectivity index (χ1v) is 14.5. The molecule has 0 fully saturated rings. The lowest BCUT2D eigenvalue weighted by molar-refractivity contribution is -0.129. The third-order valence-corrected chi connectivity index (χ3v) is 8.48. The summed E-state index contributed by atoms with van der Waals surface area (Å²) in [5, 5.41) is 7.33. The fourth-order valence-electron chi connectivity index (χ4n) is 5.94. The number of benzene rings is 2. The summed E-state index contributed by atoms with van der Waals surface area (Å²) in [5.41, 5.74) is 5.67. The number of nitrogens with one attached hydrogen (secondary N) is 1. The van der Waals surface area contributed by atoms with Gasteiger partial charge in [0, 0.05) is 60.4 Å². The monoisotopic (exact) mass is 583 g/mol. The van der Waals surface area contributed by atoms with E-state index in [2.05, 4.69) is 10.4 Å². The second kappa shape index (κ2) is 11.5. The maximum absolute atomic E-state index is 15.5. The van der Waals surface area contributed by atoms with E-state index in [0.717, 1.165) is 34.5 Å². The molecule has 42 heavy (non-hydrogen) atoms. The van der Waals surface area contributed by atoms with Gasteiger partial charge in [0.05, 0.1) is 23.0 Å². The Morgan fingerprint density at radius 2 is 1.88 bits per heavy atom. The Kier molecular flexibility index (Phi) is 7.64. The fraction of sp³-hybridized carbons (Fsp3) is 0.273. The topological polar surface area (TPSA) is 80.1 Å². The molecule has 0 saturated carbocycles. The average Bonchev–Trinajstić information content (AvgIpc) is 3.42. The largest absolute Gasteiger partial charge is 0.330 e. The third-order valence-electron chi connectivity index (χ3n) is 8.19. The minimum atomic E-state index is -0.545. The van der Waals surface area contributed by atoms with Crippen molar-refractivity contribution in [2.24, 2.45) is 13.0 Å². The van der Waals surface area contributed by atoms with Crippen molar-refractivity contribution in [2.75, 3.05) is 11.9 Å². The molecular formula is C33H31ClFN5O2. The number of amides is 2. The van der Waals surface area contributed by atoms with Crippen molar-refractivity contribution < 1.29 is 14.0 Å². The first-order chi connectivity index (χ1) is 20.3. The van der Waals surface area contributed by atoms with Crippen LogP contribution in [0.15, 0.2) is 73.2 Å². The highest BCUT2D eigenvalue weighted by Crippen LogP contribution is 2.40. The van der Waals surface area contributed by atoms with Gasteiger partial charge < -0.3 is 10.2 Å². The number of anilines is 1. The molecule has 1 N–H and O–H groups in total. The lowest BCUT2D eigenvalue weighted by Gasteiger charge is -2.35. The molecule has 0 radical (unpaired) electrons. The van der Waals surface area contributed by atoms with E-state index in [1.807, 2.05) is 54.4 Å². The Morgan fingerprint density at radius 3 is 2.67 bits per heavy atom. The molecule has 2 amide bonds. The number of hydrogen-bond donors (Lipinski definition) is 1. The zero-order valence-electron chi connectivity index (χ0n) is 23.5. The highest BCUT2D eigenvalue weighted by Gasteiger charge is 2.31. The molecule has 0 aliphatic carbocycles. The van der Waals surface area contributed by atoms with Crippen LogP contribution in [0, 0.1) is 11.7 Å². The van der Waals surface area contributed by atoms with Crippen molar-refractivity contribution in [3.8, 4) is 22.3 Å². The number of aromatic nitrogens is 3. The van der Waals surface area contributed by atoms with Crippen LogP contribution in [0.4, 0.5) is 10.1 Å². The number of rotatable bonds is 3. The van der Waals surface area contributed by atoms with Crippen LogP contribution in [0.1, 0.15) is 49.9 Å². The second-order valence-corrected chi connectivity index (χ2v) is 11.4. The van der Waals surface area contributed by atoms with Crippen molar-refractivity contribution in [3.05, 3.63) is 95.3 Å². The molecule has 2 aromatic carbocycles. The predicted octanol–water partition coefficient (Wildman–Crippen LogP) is 7.06. The summed E-state index contributed by atoms with van der Waals surface area (Å²) in [6.07, 6.45) is 9.28. The minimum absolute atomic E-state index is 0.00666. The van der Waals surface area contributed by atoms with E-state index < -0.39 is 5.82 Å².